The van der Waals surface area contributed by atoms with Gasteiger partial charge in [0.1, 0.15) is 0 Å². The molecule has 7 nitrogen and oxygen atoms in total. The van der Waals surface area contributed by atoms with E-state index in [1.807, 2.05) is 0 Å². The first kappa shape index (κ1) is 23.4. The van der Waals surface area contributed by atoms with Crippen molar-refractivity contribution in [2.75, 3.05) is 22.8 Å². The number of amides is 1. The molecule has 1 N–H and O–H groups in total. The molecule has 2 aromatic carbocycles. The van der Waals surface area contributed by atoms with Gasteiger partial charge in [-0.05, 0) is 51.1 Å². The summed E-state index contributed by atoms with van der Waals surface area (Å²) in [6, 6.07) is 12.7. The maximum Gasteiger partial charge on any atom is 0.331 e. The molecule has 0 heterocycles. The number of ether oxygens (including phenoxy) is 1. The molecule has 0 bridgehead atoms. The van der Waals surface area contributed by atoms with Gasteiger partial charge in [-0.2, -0.15) is 0 Å². The van der Waals surface area contributed by atoms with E-state index in [1.54, 1.807) is 51.1 Å². The molecule has 0 saturated heterocycles. The molecule has 0 aliphatic rings. The molecule has 1 amide bonds. The zero-order valence-electron chi connectivity index (χ0n) is 16.9. The van der Waals surface area contributed by atoms with Gasteiger partial charge in [-0.3, -0.25) is 9.10 Å². The Kier molecular flexibility index (Phi) is 8.02. The van der Waals surface area contributed by atoms with Gasteiger partial charge >= 0.3 is 5.97 Å². The van der Waals surface area contributed by atoms with Crippen LogP contribution in [0.25, 0.3) is 0 Å². The lowest BCUT2D eigenvalue weighted by Gasteiger charge is -2.23. The largest absolute Gasteiger partial charge is 0.452 e. The van der Waals surface area contributed by atoms with Crippen LogP contribution in [-0.4, -0.2) is 33.4 Å². The summed E-state index contributed by atoms with van der Waals surface area (Å²) in [5.41, 5.74) is 1.36. The maximum absolute atomic E-state index is 13.1. The van der Waals surface area contributed by atoms with Crippen LogP contribution in [0.15, 0.2) is 65.1 Å². The van der Waals surface area contributed by atoms with Crippen LogP contribution < -0.4 is 9.62 Å². The van der Waals surface area contributed by atoms with Crippen LogP contribution in [0.4, 0.5) is 11.4 Å². The number of carbonyl (C=O) groups is 2. The highest BCUT2D eigenvalue weighted by molar-refractivity contribution is 7.92. The summed E-state index contributed by atoms with van der Waals surface area (Å²) in [6.45, 7) is 4.87. The summed E-state index contributed by atoms with van der Waals surface area (Å²) in [4.78, 5) is 23.6. The maximum atomic E-state index is 13.1. The zero-order valence-corrected chi connectivity index (χ0v) is 18.5. The number of sulfonamides is 1. The van der Waals surface area contributed by atoms with Gasteiger partial charge in [0.25, 0.3) is 15.9 Å². The van der Waals surface area contributed by atoms with Crippen LogP contribution in [0.1, 0.15) is 20.8 Å². The van der Waals surface area contributed by atoms with Crippen LogP contribution >= 0.6 is 11.6 Å². The number of rotatable bonds is 8. The Labute approximate surface area is 181 Å². The molecule has 9 heteroatoms. The molecule has 160 valence electrons. The van der Waals surface area contributed by atoms with Crippen LogP contribution in [0.3, 0.4) is 0 Å². The minimum absolute atomic E-state index is 0.0329. The summed E-state index contributed by atoms with van der Waals surface area (Å²) >= 11 is 6.11. The third-order valence-corrected chi connectivity index (χ3v) is 6.11. The quantitative estimate of drug-likeness (QED) is 0.484. The van der Waals surface area contributed by atoms with E-state index in [9.17, 15) is 18.0 Å². The van der Waals surface area contributed by atoms with Crippen molar-refractivity contribution in [3.8, 4) is 0 Å². The molecular weight excluding hydrogens is 428 g/mol. The molecule has 0 atom stereocenters. The first-order valence-corrected chi connectivity index (χ1v) is 11.0. The molecule has 0 radical (unpaired) electrons. The third kappa shape index (κ3) is 6.08. The van der Waals surface area contributed by atoms with Gasteiger partial charge < -0.3 is 10.1 Å². The predicted molar refractivity (Wildman–Crippen MR) is 117 cm³/mol. The predicted octanol–water partition coefficient (Wildman–Crippen LogP) is 4.00. The van der Waals surface area contributed by atoms with E-state index in [0.717, 1.165) is 5.57 Å². The minimum Gasteiger partial charge on any atom is -0.452 e. The van der Waals surface area contributed by atoms with Crippen LogP contribution in [0.2, 0.25) is 5.02 Å². The Bertz CT molecular complexity index is 1050. The van der Waals surface area contributed by atoms with Crippen LogP contribution in [0, 0.1) is 0 Å². The van der Waals surface area contributed by atoms with Gasteiger partial charge in [-0.25, -0.2) is 13.2 Å². The number of carbonyl (C=O) groups excluding carboxylic acids is 2. The van der Waals surface area contributed by atoms with Crippen molar-refractivity contribution in [3.63, 3.8) is 0 Å². The number of nitrogens with zero attached hydrogens (tertiary/aromatic N) is 1. The molecule has 0 fully saturated rings. The molecule has 0 spiro atoms. The number of para-hydroxylation sites is 1. The smallest absolute Gasteiger partial charge is 0.331 e. The van der Waals surface area contributed by atoms with E-state index in [-0.39, 0.29) is 22.2 Å². The lowest BCUT2D eigenvalue weighted by atomic mass is 10.3. The van der Waals surface area contributed by atoms with Crippen molar-refractivity contribution < 1.29 is 22.7 Å². The normalized spacial score (nSPS) is 10.8. The monoisotopic (exact) mass is 450 g/mol. The number of allylic oxidation sites excluding steroid dienone is 1. The molecule has 0 aliphatic carbocycles. The fourth-order valence-electron chi connectivity index (χ4n) is 2.57. The Hall–Kier alpha value is -2.84. The Morgan fingerprint density at radius 1 is 1.13 bits per heavy atom. The Morgan fingerprint density at radius 3 is 2.40 bits per heavy atom. The molecule has 2 aromatic rings. The Balaban J connectivity index is 2.22. The van der Waals surface area contributed by atoms with Gasteiger partial charge in [0.05, 0.1) is 21.3 Å². The van der Waals surface area contributed by atoms with Crippen molar-refractivity contribution in [2.45, 2.75) is 25.7 Å². The second-order valence-electron chi connectivity index (χ2n) is 6.52. The zero-order chi connectivity index (χ0) is 22.3. The number of benzene rings is 2. The first-order chi connectivity index (χ1) is 14.1. The number of nitrogens with one attached hydrogen (secondary N) is 1. The SMILES string of the molecule is CCN(c1ccccc1)S(=O)(=O)c1ccc(Cl)c(NC(=O)COC(=O)C=C(C)C)c1. The number of esters is 1. The van der Waals surface area contributed by atoms with Gasteiger partial charge in [0.2, 0.25) is 0 Å². The molecule has 0 saturated carbocycles. The summed E-state index contributed by atoms with van der Waals surface area (Å²) in [7, 11) is -3.89. The van der Waals surface area contributed by atoms with Gasteiger partial charge in [0, 0.05) is 12.6 Å². The topological polar surface area (TPSA) is 92.8 Å². The number of hydrogen-bond acceptors (Lipinski definition) is 5. The molecule has 0 unspecified atom stereocenters. The standard InChI is InChI=1S/C21H23ClN2O5S/c1-4-24(16-8-6-5-7-9-16)30(27,28)17-10-11-18(22)19(13-17)23-20(25)14-29-21(26)12-15(2)3/h5-13H,4,14H2,1-3H3,(H,23,25). The van der Waals surface area contributed by atoms with Gasteiger partial charge in [-0.1, -0.05) is 35.4 Å². The summed E-state index contributed by atoms with van der Waals surface area (Å²) in [5, 5.41) is 2.63. The fourth-order valence-corrected chi connectivity index (χ4v) is 4.24. The number of halogens is 1. The highest BCUT2D eigenvalue weighted by atomic mass is 35.5. The second-order valence-corrected chi connectivity index (χ2v) is 8.79. The highest BCUT2D eigenvalue weighted by Crippen LogP contribution is 2.29. The highest BCUT2D eigenvalue weighted by Gasteiger charge is 2.24. The van der Waals surface area contributed by atoms with Crippen LogP contribution in [-0.2, 0) is 24.3 Å². The van der Waals surface area contributed by atoms with E-state index in [0.29, 0.717) is 5.69 Å². The van der Waals surface area contributed by atoms with E-state index < -0.39 is 28.5 Å². The summed E-state index contributed by atoms with van der Waals surface area (Å²) in [6.07, 6.45) is 1.26. The first-order valence-electron chi connectivity index (χ1n) is 9.14. The molecule has 0 aromatic heterocycles. The van der Waals surface area contributed by atoms with Gasteiger partial charge in [0.15, 0.2) is 6.61 Å². The van der Waals surface area contributed by atoms with E-state index in [4.69, 9.17) is 16.3 Å². The van der Waals surface area contributed by atoms with Crippen molar-refractivity contribution in [3.05, 3.63) is 65.2 Å². The fraction of sp³-hybridized carbons (Fsp3) is 0.238. The van der Waals surface area contributed by atoms with Crippen molar-refractivity contribution >= 4 is 44.9 Å². The van der Waals surface area contributed by atoms with Crippen LogP contribution in [0.5, 0.6) is 0 Å². The van der Waals surface area contributed by atoms with Crippen molar-refractivity contribution in [2.24, 2.45) is 0 Å². The number of anilines is 2. The molecule has 0 aliphatic heterocycles. The lowest BCUT2D eigenvalue weighted by molar-refractivity contribution is -0.142. The summed E-state index contributed by atoms with van der Waals surface area (Å²) < 4.78 is 32.3. The van der Waals surface area contributed by atoms with E-state index in [1.165, 1.54) is 28.6 Å². The van der Waals surface area contributed by atoms with E-state index in [2.05, 4.69) is 5.32 Å². The molecular formula is C21H23ClN2O5S. The molecule has 2 rings (SSSR count). The van der Waals surface area contributed by atoms with Gasteiger partial charge in [-0.15, -0.1) is 0 Å². The average molecular weight is 451 g/mol. The summed E-state index contributed by atoms with van der Waals surface area (Å²) in [5.74, 6) is -1.29. The Morgan fingerprint density at radius 2 is 1.80 bits per heavy atom. The number of hydrogen-bond donors (Lipinski definition) is 1. The van der Waals surface area contributed by atoms with Crippen molar-refractivity contribution in [1.82, 2.24) is 0 Å². The molecule has 30 heavy (non-hydrogen) atoms. The third-order valence-electron chi connectivity index (χ3n) is 3.88. The lowest BCUT2D eigenvalue weighted by Crippen LogP contribution is -2.30. The van der Waals surface area contributed by atoms with E-state index >= 15 is 0 Å². The van der Waals surface area contributed by atoms with Crippen molar-refractivity contribution in [1.29, 1.82) is 0 Å². The average Bonchev–Trinajstić information content (AvgIpc) is 2.68. The minimum atomic E-state index is -3.89. The second kappa shape index (κ2) is 10.3.